The number of aromatic nitrogens is 2. The number of benzene rings is 2. The van der Waals surface area contributed by atoms with E-state index in [1.54, 1.807) is 43.4 Å². The maximum atomic E-state index is 14.0. The molecule has 1 heterocycles. The molecule has 0 fully saturated rings. The molecule has 0 aliphatic carbocycles. The van der Waals surface area contributed by atoms with Crippen LogP contribution < -0.4 is 5.73 Å². The third-order valence-corrected chi connectivity index (χ3v) is 3.32. The van der Waals surface area contributed by atoms with Crippen LogP contribution in [0.4, 0.5) is 14.6 Å². The molecular weight excluding hydrogens is 272 g/mol. The van der Waals surface area contributed by atoms with Gasteiger partial charge in [-0.1, -0.05) is 30.3 Å². The molecule has 0 spiro atoms. The maximum absolute atomic E-state index is 14.0. The van der Waals surface area contributed by atoms with Crippen molar-refractivity contribution in [2.75, 3.05) is 5.73 Å². The van der Waals surface area contributed by atoms with Crippen molar-refractivity contribution in [2.45, 2.75) is 0 Å². The quantitative estimate of drug-likeness (QED) is 0.781. The van der Waals surface area contributed by atoms with Crippen LogP contribution in [-0.4, -0.2) is 9.78 Å². The van der Waals surface area contributed by atoms with Gasteiger partial charge in [-0.2, -0.15) is 5.10 Å². The molecule has 5 heteroatoms. The highest BCUT2D eigenvalue weighted by molar-refractivity contribution is 5.73. The van der Waals surface area contributed by atoms with Gasteiger partial charge < -0.3 is 5.73 Å². The van der Waals surface area contributed by atoms with E-state index in [-0.39, 0.29) is 5.56 Å². The zero-order chi connectivity index (χ0) is 15.0. The number of hydrogen-bond donors (Lipinski definition) is 1. The summed E-state index contributed by atoms with van der Waals surface area (Å²) < 4.78 is 29.4. The van der Waals surface area contributed by atoms with Gasteiger partial charge >= 0.3 is 0 Å². The molecule has 0 saturated carbocycles. The lowest BCUT2D eigenvalue weighted by molar-refractivity contribution is 0.511. The Balaban J connectivity index is 2.18. The summed E-state index contributed by atoms with van der Waals surface area (Å²) in [7, 11) is 1.69. The minimum atomic E-state index is -0.907. The Kier molecular flexibility index (Phi) is 3.17. The molecule has 0 amide bonds. The fourth-order valence-corrected chi connectivity index (χ4v) is 2.19. The molecule has 21 heavy (non-hydrogen) atoms. The fraction of sp³-hybridized carbons (Fsp3) is 0.0625. The van der Waals surface area contributed by atoms with Gasteiger partial charge in [0.15, 0.2) is 11.6 Å². The zero-order valence-electron chi connectivity index (χ0n) is 11.3. The van der Waals surface area contributed by atoms with Gasteiger partial charge in [-0.25, -0.2) is 8.78 Å². The van der Waals surface area contributed by atoms with E-state index in [4.69, 9.17) is 5.73 Å². The Labute approximate surface area is 120 Å². The average Bonchev–Trinajstić information content (AvgIpc) is 2.82. The molecule has 0 bridgehead atoms. The first-order valence-electron chi connectivity index (χ1n) is 6.40. The Morgan fingerprint density at radius 3 is 2.33 bits per heavy atom. The summed E-state index contributed by atoms with van der Waals surface area (Å²) in [6.07, 6.45) is 0. The van der Waals surface area contributed by atoms with Crippen molar-refractivity contribution in [1.29, 1.82) is 0 Å². The number of hydrogen-bond acceptors (Lipinski definition) is 2. The van der Waals surface area contributed by atoms with E-state index in [1.807, 2.05) is 6.07 Å². The monoisotopic (exact) mass is 285 g/mol. The highest BCUT2D eigenvalue weighted by atomic mass is 19.2. The van der Waals surface area contributed by atoms with Crippen LogP contribution in [-0.2, 0) is 7.05 Å². The first-order valence-corrected chi connectivity index (χ1v) is 6.40. The maximum Gasteiger partial charge on any atom is 0.166 e. The van der Waals surface area contributed by atoms with Crippen molar-refractivity contribution in [3.63, 3.8) is 0 Å². The number of nitrogens with zero attached hydrogens (tertiary/aromatic N) is 2. The lowest BCUT2D eigenvalue weighted by Gasteiger charge is -2.07. The Bertz CT molecular complexity index is 775. The Hall–Kier alpha value is -2.69. The normalized spacial score (nSPS) is 10.8. The van der Waals surface area contributed by atoms with Crippen molar-refractivity contribution >= 4 is 5.82 Å². The van der Waals surface area contributed by atoms with Crippen molar-refractivity contribution in [2.24, 2.45) is 7.05 Å². The number of anilines is 1. The zero-order valence-corrected chi connectivity index (χ0v) is 11.3. The minimum absolute atomic E-state index is 0.204. The predicted octanol–water partition coefficient (Wildman–Crippen LogP) is 3.61. The van der Waals surface area contributed by atoms with Gasteiger partial charge in [0.25, 0.3) is 0 Å². The van der Waals surface area contributed by atoms with Gasteiger partial charge in [0.05, 0.1) is 5.69 Å². The van der Waals surface area contributed by atoms with Gasteiger partial charge in [0, 0.05) is 24.2 Å². The van der Waals surface area contributed by atoms with Crippen molar-refractivity contribution in [3.05, 3.63) is 60.2 Å². The van der Waals surface area contributed by atoms with E-state index in [0.29, 0.717) is 22.6 Å². The first kappa shape index (κ1) is 13.3. The molecule has 2 N–H and O–H groups in total. The molecule has 0 radical (unpaired) electrons. The van der Waals surface area contributed by atoms with Crippen LogP contribution in [0.5, 0.6) is 0 Å². The molecule has 106 valence electrons. The second kappa shape index (κ2) is 5.01. The third-order valence-electron chi connectivity index (χ3n) is 3.32. The lowest BCUT2D eigenvalue weighted by Crippen LogP contribution is -1.97. The number of rotatable bonds is 2. The van der Waals surface area contributed by atoms with Crippen LogP contribution in [0.3, 0.4) is 0 Å². The first-order chi connectivity index (χ1) is 10.1. The Morgan fingerprint density at radius 2 is 1.71 bits per heavy atom. The van der Waals surface area contributed by atoms with Crippen molar-refractivity contribution in [1.82, 2.24) is 9.78 Å². The van der Waals surface area contributed by atoms with Crippen molar-refractivity contribution < 1.29 is 8.78 Å². The molecule has 3 aromatic rings. The van der Waals surface area contributed by atoms with Crippen LogP contribution in [0.2, 0.25) is 0 Å². The minimum Gasteiger partial charge on any atom is -0.384 e. The molecule has 0 atom stereocenters. The summed E-state index contributed by atoms with van der Waals surface area (Å²) in [6.45, 7) is 0. The molecular formula is C16H13F2N3. The number of nitrogens with two attached hydrogens (primary N) is 1. The largest absolute Gasteiger partial charge is 0.384 e. The topological polar surface area (TPSA) is 43.8 Å². The van der Waals surface area contributed by atoms with Gasteiger partial charge in [-0.05, 0) is 17.7 Å². The van der Waals surface area contributed by atoms with Crippen LogP contribution >= 0.6 is 0 Å². The fourth-order valence-electron chi connectivity index (χ4n) is 2.19. The highest BCUT2D eigenvalue weighted by Crippen LogP contribution is 2.30. The van der Waals surface area contributed by atoms with Crippen LogP contribution in [0.15, 0.2) is 48.5 Å². The molecule has 0 unspecified atom stereocenters. The van der Waals surface area contributed by atoms with E-state index < -0.39 is 11.6 Å². The Morgan fingerprint density at radius 1 is 1.00 bits per heavy atom. The average molecular weight is 285 g/mol. The van der Waals surface area contributed by atoms with Gasteiger partial charge in [0.2, 0.25) is 0 Å². The third kappa shape index (κ3) is 2.38. The van der Waals surface area contributed by atoms with Gasteiger partial charge in [-0.15, -0.1) is 0 Å². The molecule has 1 aromatic heterocycles. The van der Waals surface area contributed by atoms with E-state index in [2.05, 4.69) is 5.10 Å². The lowest BCUT2D eigenvalue weighted by atomic mass is 10.0. The van der Waals surface area contributed by atoms with E-state index in [9.17, 15) is 8.78 Å². The van der Waals surface area contributed by atoms with E-state index >= 15 is 0 Å². The van der Waals surface area contributed by atoms with Gasteiger partial charge in [0.1, 0.15) is 5.82 Å². The smallest absolute Gasteiger partial charge is 0.166 e. The molecule has 0 aliphatic rings. The number of aryl methyl sites for hydroxylation is 1. The SMILES string of the molecule is Cn1nc(-c2cc(F)c(F)c(-c3ccccc3)c2)cc1N. The standard InChI is InChI=1S/C16H13F2N3/c1-21-15(19)9-14(20-21)11-7-12(16(18)13(17)8-11)10-5-3-2-4-6-10/h2-9H,19H2,1H3. The second-order valence-electron chi connectivity index (χ2n) is 4.76. The summed E-state index contributed by atoms with van der Waals surface area (Å²) in [5, 5.41) is 4.19. The predicted molar refractivity (Wildman–Crippen MR) is 78.4 cm³/mol. The van der Waals surface area contributed by atoms with Crippen molar-refractivity contribution in [3.8, 4) is 22.4 Å². The van der Waals surface area contributed by atoms with Gasteiger partial charge in [-0.3, -0.25) is 4.68 Å². The van der Waals surface area contributed by atoms with E-state index in [1.165, 1.54) is 4.68 Å². The summed E-state index contributed by atoms with van der Waals surface area (Å²) in [6, 6.07) is 13.2. The van der Waals surface area contributed by atoms with Crippen LogP contribution in [0, 0.1) is 11.6 Å². The van der Waals surface area contributed by atoms with Crippen LogP contribution in [0.25, 0.3) is 22.4 Å². The molecule has 0 aliphatic heterocycles. The highest BCUT2D eigenvalue weighted by Gasteiger charge is 2.15. The molecule has 3 rings (SSSR count). The summed E-state index contributed by atoms with van der Waals surface area (Å²) in [5.74, 6) is -1.32. The second-order valence-corrected chi connectivity index (χ2v) is 4.76. The summed E-state index contributed by atoms with van der Waals surface area (Å²) in [4.78, 5) is 0. The summed E-state index contributed by atoms with van der Waals surface area (Å²) >= 11 is 0. The molecule has 0 saturated heterocycles. The summed E-state index contributed by atoms with van der Waals surface area (Å²) in [5.41, 5.74) is 7.53. The number of nitrogen functional groups attached to an aromatic ring is 1. The van der Waals surface area contributed by atoms with E-state index in [0.717, 1.165) is 6.07 Å². The molecule has 3 nitrogen and oxygen atoms in total. The van der Waals surface area contributed by atoms with Crippen LogP contribution in [0.1, 0.15) is 0 Å². The molecule has 2 aromatic carbocycles. The number of halogens is 2.